The van der Waals surface area contributed by atoms with E-state index < -0.39 is 0 Å². The number of fused-ring (bicyclic) bond motifs is 1. The number of ketones is 1. The third-order valence-electron chi connectivity index (χ3n) is 4.85. The van der Waals surface area contributed by atoms with Crippen LogP contribution in [0.4, 0.5) is 11.5 Å². The van der Waals surface area contributed by atoms with Crippen LogP contribution in [0.2, 0.25) is 0 Å². The fourth-order valence-electron chi connectivity index (χ4n) is 3.35. The minimum atomic E-state index is 0.0878. The predicted octanol–water partition coefficient (Wildman–Crippen LogP) is 4.93. The van der Waals surface area contributed by atoms with Crippen LogP contribution in [-0.2, 0) is 13.0 Å². The summed E-state index contributed by atoms with van der Waals surface area (Å²) in [4.78, 5) is 17.7. The van der Waals surface area contributed by atoms with Gasteiger partial charge in [-0.05, 0) is 59.3 Å². The van der Waals surface area contributed by atoms with Gasteiger partial charge in [0.05, 0.1) is 10.6 Å². The molecule has 4 N–H and O–H groups in total. The van der Waals surface area contributed by atoms with E-state index in [1.807, 2.05) is 49.4 Å². The van der Waals surface area contributed by atoms with Crippen molar-refractivity contribution in [1.82, 2.24) is 4.98 Å². The molecule has 0 aliphatic rings. The first-order valence-electron chi connectivity index (χ1n) is 9.29. The lowest BCUT2D eigenvalue weighted by Gasteiger charge is -2.09. The van der Waals surface area contributed by atoms with Crippen molar-refractivity contribution < 1.29 is 9.90 Å². The van der Waals surface area contributed by atoms with Crippen molar-refractivity contribution in [1.29, 1.82) is 0 Å². The summed E-state index contributed by atoms with van der Waals surface area (Å²) >= 11 is 1.48. The van der Waals surface area contributed by atoms with Crippen LogP contribution < -0.4 is 11.1 Å². The maximum atomic E-state index is 12.9. The van der Waals surface area contributed by atoms with Gasteiger partial charge >= 0.3 is 0 Å². The lowest BCUT2D eigenvalue weighted by Crippen LogP contribution is -2.06. The number of nitrogens with two attached hydrogens (primary N) is 1. The number of carbonyl (C=O) groups is 1. The molecule has 4 aromatic rings. The zero-order valence-electron chi connectivity index (χ0n) is 16.0. The second-order valence-electron chi connectivity index (χ2n) is 6.95. The van der Waals surface area contributed by atoms with Crippen molar-refractivity contribution in [3.63, 3.8) is 0 Å². The molecule has 0 amide bonds. The smallest absolute Gasteiger partial charge is 0.177 e. The number of benzene rings is 2. The Kier molecular flexibility index (Phi) is 5.18. The zero-order valence-corrected chi connectivity index (χ0v) is 16.8. The largest absolute Gasteiger partial charge is 0.508 e. The molecule has 5 nitrogen and oxygen atoms in total. The molecule has 0 atom stereocenters. The Labute approximate surface area is 172 Å². The molecule has 0 fully saturated rings. The van der Waals surface area contributed by atoms with Crippen LogP contribution in [-0.4, -0.2) is 15.9 Å². The van der Waals surface area contributed by atoms with E-state index in [0.717, 1.165) is 37.3 Å². The molecule has 0 spiro atoms. The lowest BCUT2D eigenvalue weighted by molar-refractivity contribution is 0.0996. The van der Waals surface area contributed by atoms with E-state index in [2.05, 4.69) is 10.3 Å². The van der Waals surface area contributed by atoms with E-state index >= 15 is 0 Å². The molecule has 0 aliphatic heterocycles. The van der Waals surface area contributed by atoms with Gasteiger partial charge < -0.3 is 16.2 Å². The standard InChI is InChI=1S/C23H21N3O2S/c1-14-18-12-17(27)7-8-21(18)29-22(14)20(28)11-15-4-2-5-16(10-15)13-26-19-6-3-9-25-23(19)24/h2-10,12,26-27H,11,13H2,1H3,(H2,24,25). The van der Waals surface area contributed by atoms with Crippen LogP contribution in [0.5, 0.6) is 5.75 Å². The highest BCUT2D eigenvalue weighted by Gasteiger charge is 2.16. The van der Waals surface area contributed by atoms with Crippen LogP contribution in [0.25, 0.3) is 10.1 Å². The topological polar surface area (TPSA) is 88.2 Å². The summed E-state index contributed by atoms with van der Waals surface area (Å²) in [6.07, 6.45) is 1.99. The summed E-state index contributed by atoms with van der Waals surface area (Å²) < 4.78 is 1.01. The summed E-state index contributed by atoms with van der Waals surface area (Å²) in [7, 11) is 0. The first-order chi connectivity index (χ1) is 14.0. The van der Waals surface area contributed by atoms with Crippen molar-refractivity contribution >= 4 is 38.7 Å². The monoisotopic (exact) mass is 403 g/mol. The van der Waals surface area contributed by atoms with Crippen molar-refractivity contribution in [3.05, 3.63) is 82.4 Å². The Morgan fingerprint density at radius 3 is 2.79 bits per heavy atom. The van der Waals surface area contributed by atoms with Crippen LogP contribution in [0.15, 0.2) is 60.8 Å². The molecule has 146 valence electrons. The number of carbonyl (C=O) groups excluding carboxylic acids is 1. The molecule has 0 bridgehead atoms. The number of phenolic OH excluding ortho intramolecular Hbond substituents is 1. The number of Topliss-reactive ketones (excluding diaryl/α,β-unsaturated/α-hetero) is 1. The Morgan fingerprint density at radius 1 is 1.14 bits per heavy atom. The summed E-state index contributed by atoms with van der Waals surface area (Å²) in [5.74, 6) is 0.766. The number of nitrogens with zero attached hydrogens (tertiary/aromatic N) is 1. The molecule has 0 saturated heterocycles. The van der Waals surface area contributed by atoms with E-state index in [9.17, 15) is 9.90 Å². The van der Waals surface area contributed by atoms with Crippen LogP contribution >= 0.6 is 11.3 Å². The van der Waals surface area contributed by atoms with Crippen LogP contribution in [0.3, 0.4) is 0 Å². The highest BCUT2D eigenvalue weighted by Crippen LogP contribution is 2.33. The van der Waals surface area contributed by atoms with E-state index in [0.29, 0.717) is 18.8 Å². The van der Waals surface area contributed by atoms with Gasteiger partial charge in [-0.1, -0.05) is 24.3 Å². The Morgan fingerprint density at radius 2 is 1.97 bits per heavy atom. The highest BCUT2D eigenvalue weighted by atomic mass is 32.1. The second-order valence-corrected chi connectivity index (χ2v) is 8.00. The van der Waals surface area contributed by atoms with E-state index in [1.54, 1.807) is 18.3 Å². The summed E-state index contributed by atoms with van der Waals surface area (Å²) in [6, 6.07) is 16.9. The highest BCUT2D eigenvalue weighted by molar-refractivity contribution is 7.21. The maximum absolute atomic E-state index is 12.9. The molecule has 2 aromatic carbocycles. The van der Waals surface area contributed by atoms with Crippen LogP contribution in [0.1, 0.15) is 26.4 Å². The number of aromatic nitrogens is 1. The number of hydrogen-bond acceptors (Lipinski definition) is 6. The summed E-state index contributed by atoms with van der Waals surface area (Å²) in [5, 5.41) is 13.9. The number of nitrogen functional groups attached to an aromatic ring is 1. The lowest BCUT2D eigenvalue weighted by atomic mass is 10.0. The molecular weight excluding hydrogens is 382 g/mol. The van der Waals surface area contributed by atoms with Gasteiger partial charge in [0.2, 0.25) is 0 Å². The Bertz CT molecular complexity index is 1200. The Balaban J connectivity index is 1.50. The van der Waals surface area contributed by atoms with Gasteiger partial charge in [0, 0.05) is 23.9 Å². The van der Waals surface area contributed by atoms with Gasteiger partial charge in [0.25, 0.3) is 0 Å². The number of aromatic hydroxyl groups is 1. The Hall–Kier alpha value is -3.38. The fourth-order valence-corrected chi connectivity index (χ4v) is 4.48. The molecule has 0 unspecified atom stereocenters. The van der Waals surface area contributed by atoms with Crippen molar-refractivity contribution in [2.45, 2.75) is 19.9 Å². The van der Waals surface area contributed by atoms with Gasteiger partial charge in [-0.15, -0.1) is 11.3 Å². The van der Waals surface area contributed by atoms with Crippen molar-refractivity contribution in [2.24, 2.45) is 0 Å². The maximum Gasteiger partial charge on any atom is 0.177 e. The molecule has 2 heterocycles. The average Bonchev–Trinajstić information content (AvgIpc) is 3.04. The number of phenols is 1. The van der Waals surface area contributed by atoms with Gasteiger partial charge in [0.15, 0.2) is 5.78 Å². The first-order valence-corrected chi connectivity index (χ1v) is 10.1. The fraction of sp³-hybridized carbons (Fsp3) is 0.130. The molecule has 4 rings (SSSR count). The predicted molar refractivity (Wildman–Crippen MR) is 119 cm³/mol. The molecule has 29 heavy (non-hydrogen) atoms. The molecule has 0 aliphatic carbocycles. The van der Waals surface area contributed by atoms with E-state index in [4.69, 9.17) is 5.73 Å². The van der Waals surface area contributed by atoms with Gasteiger partial charge in [0.1, 0.15) is 11.6 Å². The number of rotatable bonds is 6. The number of aryl methyl sites for hydroxylation is 1. The number of hydrogen-bond donors (Lipinski definition) is 3. The minimum absolute atomic E-state index is 0.0878. The molecule has 2 aromatic heterocycles. The van der Waals surface area contributed by atoms with Gasteiger partial charge in [-0.3, -0.25) is 4.79 Å². The second kappa shape index (κ2) is 7.93. The van der Waals surface area contributed by atoms with Gasteiger partial charge in [-0.2, -0.15) is 0 Å². The van der Waals surface area contributed by atoms with Gasteiger partial charge in [-0.25, -0.2) is 4.98 Å². The number of nitrogens with one attached hydrogen (secondary N) is 1. The number of thiophene rings is 1. The molecular formula is C23H21N3O2S. The quantitative estimate of drug-likeness (QED) is 0.397. The minimum Gasteiger partial charge on any atom is -0.508 e. The van der Waals surface area contributed by atoms with E-state index in [-0.39, 0.29) is 11.5 Å². The molecule has 0 saturated carbocycles. The number of anilines is 2. The average molecular weight is 404 g/mol. The summed E-state index contributed by atoms with van der Waals surface area (Å²) in [5.41, 5.74) is 9.62. The third kappa shape index (κ3) is 4.07. The van der Waals surface area contributed by atoms with Crippen molar-refractivity contribution in [3.8, 4) is 5.75 Å². The normalized spacial score (nSPS) is 10.9. The SMILES string of the molecule is Cc1c(C(=O)Cc2cccc(CNc3cccnc3N)c2)sc2ccc(O)cc12. The van der Waals surface area contributed by atoms with Crippen LogP contribution in [0, 0.1) is 6.92 Å². The third-order valence-corrected chi connectivity index (χ3v) is 6.16. The zero-order chi connectivity index (χ0) is 20.4. The van der Waals surface area contributed by atoms with E-state index in [1.165, 1.54) is 11.3 Å². The molecule has 6 heteroatoms. The first kappa shape index (κ1) is 19.0. The number of pyridine rings is 1. The summed E-state index contributed by atoms with van der Waals surface area (Å²) in [6.45, 7) is 2.53. The molecule has 0 radical (unpaired) electrons. The van der Waals surface area contributed by atoms with Crippen molar-refractivity contribution in [2.75, 3.05) is 11.1 Å².